The first kappa shape index (κ1) is 19.4. The summed E-state index contributed by atoms with van der Waals surface area (Å²) < 4.78 is 5.11. The summed E-state index contributed by atoms with van der Waals surface area (Å²) >= 11 is 0. The Morgan fingerprint density at radius 2 is 2.00 bits per heavy atom. The minimum absolute atomic E-state index is 0.236. The van der Waals surface area contributed by atoms with E-state index in [0.717, 1.165) is 29.1 Å². The third kappa shape index (κ3) is 3.47. The Kier molecular flexibility index (Phi) is 5.02. The number of amides is 5. The monoisotopic (exact) mass is 399 g/mol. The number of hydrogen-bond acceptors (Lipinski definition) is 5. The zero-order valence-electron chi connectivity index (χ0n) is 16.6. The zero-order chi connectivity index (χ0) is 20.7. The largest absolute Gasteiger partial charge is 0.497 e. The summed E-state index contributed by atoms with van der Waals surface area (Å²) in [6.45, 7) is 1.34. The van der Waals surface area contributed by atoms with E-state index in [1.54, 1.807) is 24.3 Å². The van der Waals surface area contributed by atoms with Crippen molar-refractivity contribution in [2.24, 2.45) is 17.8 Å². The average Bonchev–Trinajstić information content (AvgIpc) is 3.39. The second-order valence-electron chi connectivity index (χ2n) is 8.21. The van der Waals surface area contributed by atoms with Crippen molar-refractivity contribution in [3.8, 4) is 5.75 Å². The third-order valence-corrected chi connectivity index (χ3v) is 6.56. The number of ether oxygens (including phenoxy) is 1. The SMILES string of the molecule is COc1cccc(NC(=O)CN2C(=O)C(=O)N([C@@H](C)[C@@H]3C[C@H]4CC[C@H]3C4)C2=O)c1. The molecule has 3 aliphatic rings. The molecule has 2 aliphatic carbocycles. The molecular weight excluding hydrogens is 374 g/mol. The fourth-order valence-corrected chi connectivity index (χ4v) is 5.14. The van der Waals surface area contributed by atoms with Gasteiger partial charge in [0.2, 0.25) is 5.91 Å². The molecule has 1 aromatic rings. The molecule has 1 saturated heterocycles. The van der Waals surface area contributed by atoms with Gasteiger partial charge in [-0.2, -0.15) is 0 Å². The van der Waals surface area contributed by atoms with Gasteiger partial charge in [-0.3, -0.25) is 19.3 Å². The maximum absolute atomic E-state index is 12.8. The van der Waals surface area contributed by atoms with Crippen molar-refractivity contribution in [3.05, 3.63) is 24.3 Å². The van der Waals surface area contributed by atoms with Crippen molar-refractivity contribution in [1.82, 2.24) is 9.80 Å². The van der Waals surface area contributed by atoms with Crippen LogP contribution in [0, 0.1) is 17.8 Å². The van der Waals surface area contributed by atoms with E-state index in [9.17, 15) is 19.2 Å². The summed E-state index contributed by atoms with van der Waals surface area (Å²) in [4.78, 5) is 51.9. The highest BCUT2D eigenvalue weighted by Gasteiger charge is 2.52. The van der Waals surface area contributed by atoms with Gasteiger partial charge in [0.15, 0.2) is 0 Å². The number of nitrogens with one attached hydrogen (secondary N) is 1. The summed E-state index contributed by atoms with van der Waals surface area (Å²) in [5.41, 5.74) is 0.479. The molecule has 1 N–H and O–H groups in total. The molecule has 4 rings (SSSR count). The second-order valence-corrected chi connectivity index (χ2v) is 8.21. The molecule has 1 aromatic carbocycles. The number of anilines is 1. The van der Waals surface area contributed by atoms with Crippen LogP contribution in [0.15, 0.2) is 24.3 Å². The summed E-state index contributed by atoms with van der Waals surface area (Å²) in [6.07, 6.45) is 4.47. The van der Waals surface area contributed by atoms with Gasteiger partial charge in [0.1, 0.15) is 12.3 Å². The van der Waals surface area contributed by atoms with E-state index in [0.29, 0.717) is 23.3 Å². The van der Waals surface area contributed by atoms with Crippen LogP contribution in [0.4, 0.5) is 10.5 Å². The first-order valence-electron chi connectivity index (χ1n) is 10.0. The predicted octanol–water partition coefficient (Wildman–Crippen LogP) is 2.25. The van der Waals surface area contributed by atoms with Gasteiger partial charge in [0, 0.05) is 17.8 Å². The number of urea groups is 1. The lowest BCUT2D eigenvalue weighted by Gasteiger charge is -2.32. The molecule has 0 spiro atoms. The van der Waals surface area contributed by atoms with Gasteiger partial charge in [-0.25, -0.2) is 9.69 Å². The van der Waals surface area contributed by atoms with E-state index in [1.165, 1.54) is 13.5 Å². The van der Waals surface area contributed by atoms with Crippen LogP contribution in [0.25, 0.3) is 0 Å². The Morgan fingerprint density at radius 3 is 2.66 bits per heavy atom. The van der Waals surface area contributed by atoms with Crippen LogP contribution in [-0.4, -0.2) is 53.2 Å². The first-order valence-corrected chi connectivity index (χ1v) is 10.0. The van der Waals surface area contributed by atoms with Gasteiger partial charge in [0.25, 0.3) is 0 Å². The third-order valence-electron chi connectivity index (χ3n) is 6.56. The zero-order valence-corrected chi connectivity index (χ0v) is 16.6. The molecule has 1 heterocycles. The Bertz CT molecular complexity index is 870. The summed E-state index contributed by atoms with van der Waals surface area (Å²) in [5.74, 6) is -0.346. The van der Waals surface area contributed by atoms with Crippen LogP contribution in [0.3, 0.4) is 0 Å². The van der Waals surface area contributed by atoms with Crippen molar-refractivity contribution < 1.29 is 23.9 Å². The van der Waals surface area contributed by atoms with Gasteiger partial charge in [-0.15, -0.1) is 0 Å². The fraction of sp³-hybridized carbons (Fsp3) is 0.524. The standard InChI is InChI=1S/C21H25N3O5/c1-12(17-9-13-6-7-14(17)8-13)24-20(27)19(26)23(21(24)28)11-18(25)22-15-4-3-5-16(10-15)29-2/h3-5,10,12-14,17H,6-9,11H2,1-2H3,(H,22,25)/t12-,13-,14-,17-/m0/s1. The maximum atomic E-state index is 12.8. The number of imide groups is 2. The fourth-order valence-electron chi connectivity index (χ4n) is 5.14. The van der Waals surface area contributed by atoms with E-state index in [4.69, 9.17) is 4.74 Å². The molecule has 2 bridgehead atoms. The van der Waals surface area contributed by atoms with Crippen molar-refractivity contribution in [3.63, 3.8) is 0 Å². The van der Waals surface area contributed by atoms with Crippen LogP contribution in [0.1, 0.15) is 32.6 Å². The Labute approximate surface area is 169 Å². The number of hydrogen-bond donors (Lipinski definition) is 1. The molecule has 1 aliphatic heterocycles. The molecule has 0 radical (unpaired) electrons. The quantitative estimate of drug-likeness (QED) is 0.585. The van der Waals surface area contributed by atoms with Crippen molar-refractivity contribution in [2.45, 2.75) is 38.6 Å². The molecule has 154 valence electrons. The molecule has 29 heavy (non-hydrogen) atoms. The van der Waals surface area contributed by atoms with Gasteiger partial charge in [0.05, 0.1) is 7.11 Å². The maximum Gasteiger partial charge on any atom is 0.334 e. The first-order chi connectivity index (χ1) is 13.9. The van der Waals surface area contributed by atoms with Crippen molar-refractivity contribution in [2.75, 3.05) is 19.0 Å². The van der Waals surface area contributed by atoms with E-state index >= 15 is 0 Å². The Hall–Kier alpha value is -2.90. The highest BCUT2D eigenvalue weighted by atomic mass is 16.5. The number of nitrogens with zero attached hydrogens (tertiary/aromatic N) is 2. The molecule has 0 aromatic heterocycles. The number of carbonyl (C=O) groups is 4. The van der Waals surface area contributed by atoms with Gasteiger partial charge in [-0.1, -0.05) is 12.5 Å². The Balaban J connectivity index is 1.43. The summed E-state index contributed by atoms with van der Waals surface area (Å²) in [7, 11) is 1.51. The van der Waals surface area contributed by atoms with E-state index in [1.807, 2.05) is 6.92 Å². The van der Waals surface area contributed by atoms with Crippen LogP contribution in [0.2, 0.25) is 0 Å². The van der Waals surface area contributed by atoms with E-state index < -0.39 is 30.3 Å². The average molecular weight is 399 g/mol. The van der Waals surface area contributed by atoms with Crippen LogP contribution in [-0.2, 0) is 14.4 Å². The van der Waals surface area contributed by atoms with Crippen molar-refractivity contribution in [1.29, 1.82) is 0 Å². The molecule has 8 nitrogen and oxygen atoms in total. The normalized spacial score (nSPS) is 27.0. The highest BCUT2D eigenvalue weighted by Crippen LogP contribution is 2.50. The number of fused-ring (bicyclic) bond motifs is 2. The van der Waals surface area contributed by atoms with E-state index in [-0.39, 0.29) is 12.0 Å². The number of rotatable bonds is 6. The van der Waals surface area contributed by atoms with E-state index in [2.05, 4.69) is 5.32 Å². The number of carbonyl (C=O) groups excluding carboxylic acids is 4. The lowest BCUT2D eigenvalue weighted by atomic mass is 9.83. The van der Waals surface area contributed by atoms with Gasteiger partial charge >= 0.3 is 17.8 Å². The van der Waals surface area contributed by atoms with Gasteiger partial charge in [-0.05, 0) is 56.1 Å². The molecule has 8 heteroatoms. The van der Waals surface area contributed by atoms with Gasteiger partial charge < -0.3 is 10.1 Å². The molecule has 4 atom stereocenters. The predicted molar refractivity (Wildman–Crippen MR) is 104 cm³/mol. The second kappa shape index (κ2) is 7.50. The lowest BCUT2D eigenvalue weighted by molar-refractivity contribution is -0.144. The highest BCUT2D eigenvalue weighted by molar-refractivity contribution is 6.45. The minimum atomic E-state index is -0.939. The molecule has 5 amide bonds. The van der Waals surface area contributed by atoms with Crippen LogP contribution < -0.4 is 10.1 Å². The Morgan fingerprint density at radius 1 is 1.21 bits per heavy atom. The number of methoxy groups -OCH3 is 1. The van der Waals surface area contributed by atoms with Crippen molar-refractivity contribution >= 4 is 29.4 Å². The van der Waals surface area contributed by atoms with Crippen LogP contribution >= 0.6 is 0 Å². The molecular formula is C21H25N3O5. The molecule has 2 saturated carbocycles. The minimum Gasteiger partial charge on any atom is -0.497 e. The topological polar surface area (TPSA) is 96.0 Å². The smallest absolute Gasteiger partial charge is 0.334 e. The van der Waals surface area contributed by atoms with Crippen LogP contribution in [0.5, 0.6) is 5.75 Å². The molecule has 0 unspecified atom stereocenters. The summed E-state index contributed by atoms with van der Waals surface area (Å²) in [6, 6.07) is 5.71. The molecule has 3 fully saturated rings. The lowest BCUT2D eigenvalue weighted by Crippen LogP contribution is -2.45. The number of benzene rings is 1. The summed E-state index contributed by atoms with van der Waals surface area (Å²) in [5, 5.41) is 2.63.